The van der Waals surface area contributed by atoms with E-state index in [0.717, 1.165) is 28.8 Å². The maximum absolute atomic E-state index is 13.3. The van der Waals surface area contributed by atoms with Crippen molar-refractivity contribution in [3.05, 3.63) is 94.8 Å². The van der Waals surface area contributed by atoms with Crippen LogP contribution in [0.15, 0.2) is 60.7 Å². The van der Waals surface area contributed by atoms with Gasteiger partial charge < -0.3 is 15.7 Å². The average molecular weight is 530 g/mol. The van der Waals surface area contributed by atoms with Crippen molar-refractivity contribution < 1.29 is 37.9 Å². The molecule has 0 spiro atoms. The normalized spacial score (nSPS) is 12.5. The van der Waals surface area contributed by atoms with Crippen LogP contribution >= 0.6 is 0 Å². The van der Waals surface area contributed by atoms with Gasteiger partial charge in [0.1, 0.15) is 6.04 Å². The number of rotatable bonds is 11. The second-order valence-electron chi connectivity index (χ2n) is 8.63. The molecular weight excluding hydrogens is 503 g/mol. The number of hydroxylamine groups is 1. The molecule has 2 amide bonds. The number of hydrogen-bond donors (Lipinski definition) is 5. The Morgan fingerprint density at radius 2 is 1.42 bits per heavy atom. The number of halogens is 3. The number of carbonyl (C=O) groups is 3. The van der Waals surface area contributed by atoms with Crippen LogP contribution in [0.1, 0.15) is 28.4 Å². The molecular formula is C27H26F3N3O5. The summed E-state index contributed by atoms with van der Waals surface area (Å²) in [5.41, 5.74) is 4.19. The minimum absolute atomic E-state index is 0.00112. The lowest BCUT2D eigenvalue weighted by molar-refractivity contribution is -0.133. The third kappa shape index (κ3) is 7.48. The first-order chi connectivity index (χ1) is 18.1. The number of carbonyl (C=O) groups excluding carboxylic acids is 3. The van der Waals surface area contributed by atoms with Gasteiger partial charge in [-0.2, -0.15) is 0 Å². The molecule has 0 aliphatic heterocycles. The molecule has 0 aliphatic rings. The van der Waals surface area contributed by atoms with Crippen molar-refractivity contribution in [1.82, 2.24) is 16.1 Å². The van der Waals surface area contributed by atoms with Gasteiger partial charge in [0.25, 0.3) is 11.8 Å². The third-order valence-corrected chi connectivity index (χ3v) is 5.69. The van der Waals surface area contributed by atoms with E-state index in [1.165, 1.54) is 12.4 Å². The molecule has 3 rings (SSSR count). The Bertz CT molecular complexity index is 1280. The van der Waals surface area contributed by atoms with Crippen molar-refractivity contribution in [3.8, 4) is 11.1 Å². The van der Waals surface area contributed by atoms with Crippen LogP contribution in [0.2, 0.25) is 0 Å². The summed E-state index contributed by atoms with van der Waals surface area (Å²) in [5, 5.41) is 23.5. The highest BCUT2D eigenvalue weighted by atomic mass is 19.2. The second-order valence-corrected chi connectivity index (χ2v) is 8.63. The lowest BCUT2D eigenvalue weighted by Crippen LogP contribution is -2.51. The van der Waals surface area contributed by atoms with Gasteiger partial charge in [0.15, 0.2) is 23.2 Å². The molecule has 11 heteroatoms. The molecule has 3 aromatic carbocycles. The molecule has 0 aromatic heterocycles. The van der Waals surface area contributed by atoms with Crippen molar-refractivity contribution in [2.75, 3.05) is 6.54 Å². The van der Waals surface area contributed by atoms with E-state index in [0.29, 0.717) is 0 Å². The number of amides is 2. The highest BCUT2D eigenvalue weighted by Gasteiger charge is 2.25. The summed E-state index contributed by atoms with van der Waals surface area (Å²) in [5.74, 6) is -5.82. The van der Waals surface area contributed by atoms with Crippen molar-refractivity contribution in [3.63, 3.8) is 0 Å². The van der Waals surface area contributed by atoms with Crippen LogP contribution in [0, 0.1) is 17.5 Å². The summed E-state index contributed by atoms with van der Waals surface area (Å²) in [6.07, 6.45) is -1.10. The molecule has 200 valence electrons. The smallest absolute Gasteiger partial charge is 0.268 e. The Kier molecular flexibility index (Phi) is 9.72. The zero-order valence-electron chi connectivity index (χ0n) is 20.3. The van der Waals surface area contributed by atoms with Gasteiger partial charge in [-0.05, 0) is 53.4 Å². The van der Waals surface area contributed by atoms with Gasteiger partial charge in [-0.15, -0.1) is 0 Å². The van der Waals surface area contributed by atoms with E-state index in [1.807, 2.05) is 12.1 Å². The van der Waals surface area contributed by atoms with Gasteiger partial charge in [-0.25, -0.2) is 18.7 Å². The largest absolute Gasteiger partial charge is 0.391 e. The van der Waals surface area contributed by atoms with Crippen LogP contribution in [-0.2, 0) is 22.6 Å². The third-order valence-electron chi connectivity index (χ3n) is 5.69. The fourth-order valence-corrected chi connectivity index (χ4v) is 3.67. The zero-order chi connectivity index (χ0) is 27.8. The Morgan fingerprint density at radius 1 is 0.868 bits per heavy atom. The molecule has 8 nitrogen and oxygen atoms in total. The van der Waals surface area contributed by atoms with E-state index in [-0.39, 0.29) is 36.4 Å². The first-order valence-corrected chi connectivity index (χ1v) is 11.6. The van der Waals surface area contributed by atoms with E-state index < -0.39 is 41.4 Å². The zero-order valence-corrected chi connectivity index (χ0v) is 20.3. The van der Waals surface area contributed by atoms with Crippen LogP contribution in [-0.4, -0.2) is 46.6 Å². The molecule has 2 atom stereocenters. The number of hydrogen-bond acceptors (Lipinski definition) is 6. The number of aliphatic hydroxyl groups excluding tert-OH is 1. The Hall–Kier alpha value is -4.06. The number of nitrogens with one attached hydrogen (secondary N) is 3. The van der Waals surface area contributed by atoms with Gasteiger partial charge in [-0.3, -0.25) is 19.6 Å². The molecule has 0 saturated carbocycles. The summed E-state index contributed by atoms with van der Waals surface area (Å²) < 4.78 is 39.6. The average Bonchev–Trinajstić information content (AvgIpc) is 2.90. The van der Waals surface area contributed by atoms with E-state index in [1.54, 1.807) is 36.4 Å². The highest BCUT2D eigenvalue weighted by molar-refractivity contribution is 5.98. The summed E-state index contributed by atoms with van der Waals surface area (Å²) in [7, 11) is 0. The first-order valence-electron chi connectivity index (χ1n) is 11.6. The topological polar surface area (TPSA) is 128 Å². The Morgan fingerprint density at radius 3 is 1.95 bits per heavy atom. The number of Topliss-reactive ketones (excluding diaryl/α,β-unsaturated/α-hetero) is 1. The Labute approximate surface area is 216 Å². The summed E-state index contributed by atoms with van der Waals surface area (Å²) in [6.45, 7) is 1.26. The predicted molar refractivity (Wildman–Crippen MR) is 131 cm³/mol. The van der Waals surface area contributed by atoms with Crippen molar-refractivity contribution in [2.45, 2.75) is 32.0 Å². The molecule has 3 aromatic rings. The standard InChI is InChI=1S/C27H26F3N3O5/c1-15(34)25(27(37)33-38)32-26(36)20-8-6-19(7-9-20)18-4-2-16(3-5-18)10-21(35)14-31-13-17-11-22(28)24(30)23(29)12-17/h2-9,11-12,15,25,31,34,38H,10,13-14H2,1H3,(H,32,36)(H,33,37)/t15-,25+/m1/s1. The van der Waals surface area contributed by atoms with Crippen molar-refractivity contribution in [1.29, 1.82) is 0 Å². The molecule has 0 saturated heterocycles. The predicted octanol–water partition coefficient (Wildman–Crippen LogP) is 2.66. The summed E-state index contributed by atoms with van der Waals surface area (Å²) in [4.78, 5) is 36.3. The van der Waals surface area contributed by atoms with E-state index in [9.17, 15) is 32.7 Å². The fraction of sp³-hybridized carbons (Fsp3) is 0.222. The number of aliphatic hydroxyl groups is 1. The first kappa shape index (κ1) is 28.5. The molecule has 0 heterocycles. The SMILES string of the molecule is C[C@@H](O)[C@H](NC(=O)c1ccc(-c2ccc(CC(=O)CNCc3cc(F)c(F)c(F)c3)cc2)cc1)C(=O)NO. The monoisotopic (exact) mass is 529 g/mol. The molecule has 5 N–H and O–H groups in total. The van der Waals surface area contributed by atoms with Gasteiger partial charge in [-0.1, -0.05) is 36.4 Å². The highest BCUT2D eigenvalue weighted by Crippen LogP contribution is 2.21. The van der Waals surface area contributed by atoms with Gasteiger partial charge in [0.05, 0.1) is 12.6 Å². The van der Waals surface area contributed by atoms with E-state index in [4.69, 9.17) is 5.21 Å². The minimum Gasteiger partial charge on any atom is -0.391 e. The molecule has 0 fully saturated rings. The minimum atomic E-state index is -1.54. The van der Waals surface area contributed by atoms with Crippen LogP contribution < -0.4 is 16.1 Å². The number of benzene rings is 3. The maximum Gasteiger partial charge on any atom is 0.268 e. The van der Waals surface area contributed by atoms with Crippen LogP contribution in [0.4, 0.5) is 13.2 Å². The lowest BCUT2D eigenvalue weighted by atomic mass is 10.0. The van der Waals surface area contributed by atoms with Crippen LogP contribution in [0.25, 0.3) is 11.1 Å². The van der Waals surface area contributed by atoms with Crippen LogP contribution in [0.3, 0.4) is 0 Å². The number of ketones is 1. The second kappa shape index (κ2) is 13.0. The molecule has 0 radical (unpaired) electrons. The molecule has 38 heavy (non-hydrogen) atoms. The Balaban J connectivity index is 1.53. The maximum atomic E-state index is 13.3. The van der Waals surface area contributed by atoms with Gasteiger partial charge in [0, 0.05) is 18.5 Å². The van der Waals surface area contributed by atoms with Gasteiger partial charge >= 0.3 is 0 Å². The quantitative estimate of drug-likeness (QED) is 0.148. The summed E-state index contributed by atoms with van der Waals surface area (Å²) >= 11 is 0. The fourth-order valence-electron chi connectivity index (χ4n) is 3.67. The van der Waals surface area contributed by atoms with Gasteiger partial charge in [0.2, 0.25) is 0 Å². The lowest BCUT2D eigenvalue weighted by Gasteiger charge is -2.19. The van der Waals surface area contributed by atoms with Crippen molar-refractivity contribution >= 4 is 17.6 Å². The molecule has 0 unspecified atom stereocenters. The van der Waals surface area contributed by atoms with Crippen LogP contribution in [0.5, 0.6) is 0 Å². The molecule has 0 aliphatic carbocycles. The van der Waals surface area contributed by atoms with Crippen molar-refractivity contribution in [2.24, 2.45) is 0 Å². The van der Waals surface area contributed by atoms with E-state index >= 15 is 0 Å². The van der Waals surface area contributed by atoms with E-state index in [2.05, 4.69) is 10.6 Å². The summed E-state index contributed by atoms with van der Waals surface area (Å²) in [6, 6.07) is 14.1. The molecule has 0 bridgehead atoms.